The highest BCUT2D eigenvalue weighted by Gasteiger charge is 2.22. The van der Waals surface area contributed by atoms with E-state index < -0.39 is 10.0 Å². The molecule has 4 nitrogen and oxygen atoms in total. The largest absolute Gasteiger partial charge is 0.298 e. The van der Waals surface area contributed by atoms with Crippen molar-refractivity contribution in [3.05, 3.63) is 29.8 Å². The summed E-state index contributed by atoms with van der Waals surface area (Å²) >= 11 is 0. The van der Waals surface area contributed by atoms with Gasteiger partial charge in [0.2, 0.25) is 10.0 Å². The minimum absolute atomic E-state index is 0.0609. The lowest BCUT2D eigenvalue weighted by Crippen LogP contribution is -2.32. The fraction of sp³-hybridized carbons (Fsp3) is 0.417. The lowest BCUT2D eigenvalue weighted by Gasteiger charge is -2.12. The number of aldehydes is 1. The molecule has 92 valence electrons. The second-order valence-corrected chi connectivity index (χ2v) is 6.00. The van der Waals surface area contributed by atoms with E-state index in [1.807, 2.05) is 0 Å². The van der Waals surface area contributed by atoms with Crippen LogP contribution in [0, 0.1) is 0 Å². The van der Waals surface area contributed by atoms with Gasteiger partial charge in [0.25, 0.3) is 0 Å². The highest BCUT2D eigenvalue weighted by molar-refractivity contribution is 7.89. The molecule has 0 saturated heterocycles. The Morgan fingerprint density at radius 1 is 1.12 bits per heavy atom. The Bertz CT molecular complexity index is 487. The predicted octanol–water partition coefficient (Wildman–Crippen LogP) is 1.72. The van der Waals surface area contributed by atoms with Gasteiger partial charge in [-0.05, 0) is 25.0 Å². The molecule has 5 heteroatoms. The van der Waals surface area contributed by atoms with Gasteiger partial charge in [0.1, 0.15) is 6.29 Å². The van der Waals surface area contributed by atoms with Crippen molar-refractivity contribution in [1.82, 2.24) is 4.72 Å². The Morgan fingerprint density at radius 3 is 2.24 bits per heavy atom. The van der Waals surface area contributed by atoms with Crippen molar-refractivity contribution in [2.75, 3.05) is 0 Å². The molecule has 1 aromatic carbocycles. The highest BCUT2D eigenvalue weighted by Crippen LogP contribution is 2.20. The molecule has 0 aliphatic heterocycles. The van der Waals surface area contributed by atoms with Crippen LogP contribution in [0.1, 0.15) is 36.0 Å². The molecule has 0 spiro atoms. The fourth-order valence-corrected chi connectivity index (χ4v) is 3.36. The van der Waals surface area contributed by atoms with E-state index in [1.54, 1.807) is 0 Å². The first-order valence-electron chi connectivity index (χ1n) is 5.69. The summed E-state index contributed by atoms with van der Waals surface area (Å²) in [4.78, 5) is 10.7. The molecule has 0 atom stereocenters. The number of rotatable bonds is 4. The molecule has 0 radical (unpaired) electrons. The number of carbonyl (C=O) groups excluding carboxylic acids is 1. The first-order valence-corrected chi connectivity index (χ1v) is 7.18. The number of benzene rings is 1. The van der Waals surface area contributed by atoms with Crippen molar-refractivity contribution in [3.8, 4) is 0 Å². The number of nitrogens with one attached hydrogen (secondary N) is 1. The van der Waals surface area contributed by atoms with Crippen LogP contribution in [-0.2, 0) is 10.0 Å². The maximum atomic E-state index is 12.0. The second kappa shape index (κ2) is 4.98. The van der Waals surface area contributed by atoms with Crippen LogP contribution in [0.2, 0.25) is 0 Å². The Balaban J connectivity index is 2.15. The molecule has 1 N–H and O–H groups in total. The predicted molar refractivity (Wildman–Crippen MR) is 64.4 cm³/mol. The summed E-state index contributed by atoms with van der Waals surface area (Å²) in [6.45, 7) is 0. The minimum Gasteiger partial charge on any atom is -0.298 e. The molecular formula is C12H15NO3S. The standard InChI is InChI=1S/C12H15NO3S/c14-9-10-5-7-12(8-6-10)17(15,16)13-11-3-1-2-4-11/h5-9,11,13H,1-4H2. The number of carbonyl (C=O) groups is 1. The third-order valence-corrected chi connectivity index (χ3v) is 4.54. The summed E-state index contributed by atoms with van der Waals surface area (Å²) in [6, 6.07) is 6.00. The Labute approximate surface area is 101 Å². The van der Waals surface area contributed by atoms with Crippen molar-refractivity contribution >= 4 is 16.3 Å². The fourth-order valence-electron chi connectivity index (χ4n) is 2.06. The molecule has 1 saturated carbocycles. The maximum Gasteiger partial charge on any atom is 0.240 e. The lowest BCUT2D eigenvalue weighted by molar-refractivity contribution is 0.112. The summed E-state index contributed by atoms with van der Waals surface area (Å²) in [7, 11) is -3.43. The van der Waals surface area contributed by atoms with Crippen molar-refractivity contribution in [2.24, 2.45) is 0 Å². The van der Waals surface area contributed by atoms with Gasteiger partial charge in [-0.1, -0.05) is 25.0 Å². The molecule has 1 aromatic rings. The zero-order valence-electron chi connectivity index (χ0n) is 9.43. The van der Waals surface area contributed by atoms with E-state index in [-0.39, 0.29) is 10.9 Å². The third-order valence-electron chi connectivity index (χ3n) is 3.00. The Hall–Kier alpha value is -1.20. The smallest absolute Gasteiger partial charge is 0.240 e. The maximum absolute atomic E-state index is 12.0. The zero-order valence-corrected chi connectivity index (χ0v) is 10.2. The van der Waals surface area contributed by atoms with Gasteiger partial charge in [-0.3, -0.25) is 4.79 Å². The molecular weight excluding hydrogens is 238 g/mol. The van der Waals surface area contributed by atoms with Gasteiger partial charge in [0.15, 0.2) is 0 Å². The van der Waals surface area contributed by atoms with E-state index in [1.165, 1.54) is 24.3 Å². The average Bonchev–Trinajstić information content (AvgIpc) is 2.81. The summed E-state index contributed by atoms with van der Waals surface area (Å²) in [5, 5.41) is 0. The summed E-state index contributed by atoms with van der Waals surface area (Å²) in [5.74, 6) is 0. The summed E-state index contributed by atoms with van der Waals surface area (Å²) in [6.07, 6.45) is 4.67. The highest BCUT2D eigenvalue weighted by atomic mass is 32.2. The van der Waals surface area contributed by atoms with Crippen LogP contribution in [0.25, 0.3) is 0 Å². The van der Waals surface area contributed by atoms with Crippen molar-refractivity contribution in [3.63, 3.8) is 0 Å². The van der Waals surface area contributed by atoms with E-state index >= 15 is 0 Å². The lowest BCUT2D eigenvalue weighted by atomic mass is 10.2. The summed E-state index contributed by atoms with van der Waals surface area (Å²) in [5.41, 5.74) is 0.477. The molecule has 0 unspecified atom stereocenters. The number of hydrogen-bond acceptors (Lipinski definition) is 3. The van der Waals surface area contributed by atoms with E-state index in [2.05, 4.69) is 4.72 Å². The van der Waals surface area contributed by atoms with Crippen LogP contribution < -0.4 is 4.72 Å². The molecule has 0 aromatic heterocycles. The topological polar surface area (TPSA) is 63.2 Å². The second-order valence-electron chi connectivity index (χ2n) is 4.29. The number of hydrogen-bond donors (Lipinski definition) is 1. The van der Waals surface area contributed by atoms with Crippen LogP contribution in [0.15, 0.2) is 29.2 Å². The molecule has 1 aliphatic carbocycles. The van der Waals surface area contributed by atoms with Gasteiger partial charge in [-0.2, -0.15) is 0 Å². The van der Waals surface area contributed by atoms with E-state index in [4.69, 9.17) is 0 Å². The molecule has 1 fully saturated rings. The minimum atomic E-state index is -3.43. The van der Waals surface area contributed by atoms with Crippen LogP contribution in [0.4, 0.5) is 0 Å². The first-order chi connectivity index (χ1) is 8.12. The normalized spacial score (nSPS) is 17.2. The molecule has 2 rings (SSSR count). The van der Waals surface area contributed by atoms with Gasteiger partial charge in [0, 0.05) is 11.6 Å². The molecule has 1 aliphatic rings. The Kier molecular flexibility index (Phi) is 3.59. The molecule has 17 heavy (non-hydrogen) atoms. The monoisotopic (exact) mass is 253 g/mol. The van der Waals surface area contributed by atoms with E-state index in [0.717, 1.165) is 25.7 Å². The van der Waals surface area contributed by atoms with Gasteiger partial charge in [-0.15, -0.1) is 0 Å². The van der Waals surface area contributed by atoms with Gasteiger partial charge >= 0.3 is 0 Å². The average molecular weight is 253 g/mol. The van der Waals surface area contributed by atoms with Crippen molar-refractivity contribution in [1.29, 1.82) is 0 Å². The van der Waals surface area contributed by atoms with E-state index in [0.29, 0.717) is 11.8 Å². The molecule has 0 bridgehead atoms. The van der Waals surface area contributed by atoms with Crippen LogP contribution in [0.5, 0.6) is 0 Å². The van der Waals surface area contributed by atoms with Gasteiger partial charge in [-0.25, -0.2) is 13.1 Å². The van der Waals surface area contributed by atoms with Gasteiger partial charge in [0.05, 0.1) is 4.90 Å². The zero-order chi connectivity index (χ0) is 12.3. The first kappa shape index (κ1) is 12.3. The van der Waals surface area contributed by atoms with Crippen LogP contribution >= 0.6 is 0 Å². The SMILES string of the molecule is O=Cc1ccc(S(=O)(=O)NC2CCCC2)cc1. The number of sulfonamides is 1. The van der Waals surface area contributed by atoms with Crippen LogP contribution in [0.3, 0.4) is 0 Å². The molecule has 0 amide bonds. The van der Waals surface area contributed by atoms with Crippen molar-refractivity contribution in [2.45, 2.75) is 36.6 Å². The van der Waals surface area contributed by atoms with Gasteiger partial charge < -0.3 is 0 Å². The summed E-state index contributed by atoms with van der Waals surface area (Å²) < 4.78 is 26.7. The van der Waals surface area contributed by atoms with Crippen LogP contribution in [-0.4, -0.2) is 20.7 Å². The molecule has 0 heterocycles. The quantitative estimate of drug-likeness (QED) is 0.831. The van der Waals surface area contributed by atoms with Crippen molar-refractivity contribution < 1.29 is 13.2 Å². The Morgan fingerprint density at radius 2 is 1.71 bits per heavy atom. The van der Waals surface area contributed by atoms with E-state index in [9.17, 15) is 13.2 Å². The third kappa shape index (κ3) is 2.92.